The number of allylic oxidation sites excluding steroid dienone is 1. The number of hydrogen-bond acceptors (Lipinski definition) is 1. The van der Waals surface area contributed by atoms with Gasteiger partial charge in [0.25, 0.3) is 0 Å². The normalized spacial score (nSPS) is 12.6. The highest BCUT2D eigenvalue weighted by atomic mass is 19.2. The zero-order chi connectivity index (χ0) is 15.4. The second-order valence-electron chi connectivity index (χ2n) is 4.59. The van der Waals surface area contributed by atoms with Gasteiger partial charge in [-0.15, -0.1) is 6.58 Å². The standard InChI is InChI=1S/C14H16F5N/c1-4-20-8(6-5-7(2)3)9-10(15)12(17)14(19)13(18)11(9)16/h8,20H,2,4-6H2,1,3H3. The van der Waals surface area contributed by atoms with Crippen molar-refractivity contribution < 1.29 is 22.0 Å². The summed E-state index contributed by atoms with van der Waals surface area (Å²) in [5.74, 6) is -9.55. The molecule has 0 heterocycles. The third-order valence-corrected chi connectivity index (χ3v) is 2.90. The molecular formula is C14H16F5N. The van der Waals surface area contributed by atoms with Crippen LogP contribution >= 0.6 is 0 Å². The first-order chi connectivity index (χ1) is 9.31. The maximum absolute atomic E-state index is 13.7. The molecule has 0 fully saturated rings. The Labute approximate surface area is 114 Å². The van der Waals surface area contributed by atoms with Gasteiger partial charge < -0.3 is 5.32 Å². The molecular weight excluding hydrogens is 277 g/mol. The molecule has 0 aliphatic heterocycles. The van der Waals surface area contributed by atoms with E-state index in [2.05, 4.69) is 11.9 Å². The van der Waals surface area contributed by atoms with Crippen LogP contribution in [-0.4, -0.2) is 6.54 Å². The van der Waals surface area contributed by atoms with Crippen LogP contribution in [0.15, 0.2) is 12.2 Å². The largest absolute Gasteiger partial charge is 0.310 e. The second kappa shape index (κ2) is 6.83. The molecule has 0 spiro atoms. The quantitative estimate of drug-likeness (QED) is 0.355. The van der Waals surface area contributed by atoms with Gasteiger partial charge >= 0.3 is 0 Å². The summed E-state index contributed by atoms with van der Waals surface area (Å²) in [5.41, 5.74) is -0.0544. The summed E-state index contributed by atoms with van der Waals surface area (Å²) in [4.78, 5) is 0. The molecule has 0 aliphatic rings. The van der Waals surface area contributed by atoms with E-state index in [-0.39, 0.29) is 6.42 Å². The van der Waals surface area contributed by atoms with Crippen LogP contribution in [0.5, 0.6) is 0 Å². The fourth-order valence-corrected chi connectivity index (χ4v) is 1.91. The lowest BCUT2D eigenvalue weighted by atomic mass is 9.98. The first kappa shape index (κ1) is 16.6. The van der Waals surface area contributed by atoms with Gasteiger partial charge in [0.1, 0.15) is 0 Å². The van der Waals surface area contributed by atoms with Gasteiger partial charge in [0, 0.05) is 11.6 Å². The first-order valence-electron chi connectivity index (χ1n) is 6.20. The Morgan fingerprint density at radius 2 is 1.45 bits per heavy atom. The van der Waals surface area contributed by atoms with Crippen molar-refractivity contribution in [1.82, 2.24) is 5.32 Å². The average molecular weight is 293 g/mol. The van der Waals surface area contributed by atoms with Crippen molar-refractivity contribution in [1.29, 1.82) is 0 Å². The van der Waals surface area contributed by atoms with Crippen molar-refractivity contribution in [3.63, 3.8) is 0 Å². The Bertz CT molecular complexity index is 484. The molecule has 112 valence electrons. The number of rotatable bonds is 6. The molecule has 0 bridgehead atoms. The van der Waals surface area contributed by atoms with E-state index in [1.165, 1.54) is 0 Å². The van der Waals surface area contributed by atoms with Gasteiger partial charge in [0.15, 0.2) is 23.3 Å². The lowest BCUT2D eigenvalue weighted by Crippen LogP contribution is -2.25. The third kappa shape index (κ3) is 3.36. The summed E-state index contributed by atoms with van der Waals surface area (Å²) in [6.45, 7) is 7.39. The summed E-state index contributed by atoms with van der Waals surface area (Å²) >= 11 is 0. The molecule has 0 saturated carbocycles. The molecule has 6 heteroatoms. The first-order valence-corrected chi connectivity index (χ1v) is 6.20. The van der Waals surface area contributed by atoms with Gasteiger partial charge in [-0.2, -0.15) is 0 Å². The van der Waals surface area contributed by atoms with Crippen molar-refractivity contribution in [3.8, 4) is 0 Å². The molecule has 1 aromatic carbocycles. The zero-order valence-corrected chi connectivity index (χ0v) is 11.3. The highest BCUT2D eigenvalue weighted by Gasteiger charge is 2.29. The van der Waals surface area contributed by atoms with Crippen LogP contribution in [0.1, 0.15) is 38.3 Å². The van der Waals surface area contributed by atoms with E-state index in [9.17, 15) is 22.0 Å². The second-order valence-corrected chi connectivity index (χ2v) is 4.59. The van der Waals surface area contributed by atoms with Crippen molar-refractivity contribution >= 4 is 0 Å². The number of benzene rings is 1. The topological polar surface area (TPSA) is 12.0 Å². The van der Waals surface area contributed by atoms with E-state index >= 15 is 0 Å². The average Bonchev–Trinajstić information content (AvgIpc) is 2.40. The summed E-state index contributed by atoms with van der Waals surface area (Å²) in [7, 11) is 0. The van der Waals surface area contributed by atoms with Crippen LogP contribution in [0.4, 0.5) is 22.0 Å². The van der Waals surface area contributed by atoms with E-state index in [1.807, 2.05) is 0 Å². The summed E-state index contributed by atoms with van der Waals surface area (Å²) in [6, 6.07) is -0.957. The minimum Gasteiger partial charge on any atom is -0.310 e. The molecule has 0 aromatic heterocycles. The molecule has 1 unspecified atom stereocenters. The summed E-state index contributed by atoms with van der Waals surface area (Å²) in [5, 5.41) is 2.73. The third-order valence-electron chi connectivity index (χ3n) is 2.90. The maximum atomic E-state index is 13.7. The van der Waals surface area contributed by atoms with Crippen molar-refractivity contribution in [2.24, 2.45) is 0 Å². The maximum Gasteiger partial charge on any atom is 0.200 e. The van der Waals surface area contributed by atoms with E-state index in [1.54, 1.807) is 13.8 Å². The molecule has 1 aromatic rings. The molecule has 1 N–H and O–H groups in total. The fraction of sp³-hybridized carbons (Fsp3) is 0.429. The SMILES string of the molecule is C=C(C)CCC(NCC)c1c(F)c(F)c(F)c(F)c1F. The van der Waals surface area contributed by atoms with E-state index in [0.717, 1.165) is 5.57 Å². The molecule has 0 aliphatic carbocycles. The van der Waals surface area contributed by atoms with E-state index in [0.29, 0.717) is 13.0 Å². The highest BCUT2D eigenvalue weighted by molar-refractivity contribution is 5.27. The Hall–Kier alpha value is -1.43. The van der Waals surface area contributed by atoms with Gasteiger partial charge in [-0.25, -0.2) is 22.0 Å². The smallest absolute Gasteiger partial charge is 0.200 e. The number of nitrogens with one attached hydrogen (secondary N) is 1. The van der Waals surface area contributed by atoms with Crippen LogP contribution in [0.3, 0.4) is 0 Å². The highest BCUT2D eigenvalue weighted by Crippen LogP contribution is 2.30. The van der Waals surface area contributed by atoms with Crippen LogP contribution in [0.2, 0.25) is 0 Å². The monoisotopic (exact) mass is 293 g/mol. The zero-order valence-electron chi connectivity index (χ0n) is 11.3. The molecule has 0 amide bonds. The fourth-order valence-electron chi connectivity index (χ4n) is 1.91. The Balaban J connectivity index is 3.29. The Kier molecular flexibility index (Phi) is 5.68. The van der Waals surface area contributed by atoms with Gasteiger partial charge in [0.05, 0.1) is 0 Å². The predicted molar refractivity (Wildman–Crippen MR) is 66.7 cm³/mol. The predicted octanol–water partition coefficient (Wildman–Crippen LogP) is 4.39. The van der Waals surface area contributed by atoms with Crippen LogP contribution < -0.4 is 5.32 Å². The molecule has 1 nitrogen and oxygen atoms in total. The van der Waals surface area contributed by atoms with Crippen molar-refractivity contribution in [2.45, 2.75) is 32.7 Å². The molecule has 1 rings (SSSR count). The minimum atomic E-state index is -2.14. The van der Waals surface area contributed by atoms with Crippen LogP contribution in [0, 0.1) is 29.1 Å². The van der Waals surface area contributed by atoms with E-state index in [4.69, 9.17) is 0 Å². The van der Waals surface area contributed by atoms with Crippen molar-refractivity contribution in [3.05, 3.63) is 46.8 Å². The summed E-state index contributed by atoms with van der Waals surface area (Å²) in [6.07, 6.45) is 0.610. The van der Waals surface area contributed by atoms with Gasteiger partial charge in [-0.05, 0) is 26.3 Å². The minimum absolute atomic E-state index is 0.196. The lowest BCUT2D eigenvalue weighted by Gasteiger charge is -2.20. The van der Waals surface area contributed by atoms with Gasteiger partial charge in [-0.3, -0.25) is 0 Å². The lowest BCUT2D eigenvalue weighted by molar-refractivity contribution is 0.353. The number of halogens is 5. The van der Waals surface area contributed by atoms with E-state index < -0.39 is 40.7 Å². The van der Waals surface area contributed by atoms with Gasteiger partial charge in [0.2, 0.25) is 5.82 Å². The Morgan fingerprint density at radius 1 is 1.00 bits per heavy atom. The van der Waals surface area contributed by atoms with Gasteiger partial charge in [-0.1, -0.05) is 12.5 Å². The number of hydrogen-bond donors (Lipinski definition) is 1. The summed E-state index contributed by atoms with van der Waals surface area (Å²) < 4.78 is 66.8. The van der Waals surface area contributed by atoms with Crippen LogP contribution in [-0.2, 0) is 0 Å². The van der Waals surface area contributed by atoms with Crippen molar-refractivity contribution in [2.75, 3.05) is 6.54 Å². The molecule has 0 radical (unpaired) electrons. The van der Waals surface area contributed by atoms with Crippen LogP contribution in [0.25, 0.3) is 0 Å². The molecule has 20 heavy (non-hydrogen) atoms. The Morgan fingerprint density at radius 3 is 1.85 bits per heavy atom. The molecule has 1 atom stereocenters. The molecule has 0 saturated heterocycles.